The monoisotopic (exact) mass is 355 g/mol. The van der Waals surface area contributed by atoms with E-state index in [4.69, 9.17) is 21.8 Å². The van der Waals surface area contributed by atoms with Crippen molar-refractivity contribution in [3.05, 3.63) is 64.5 Å². The van der Waals surface area contributed by atoms with Crippen LogP contribution in [0.2, 0.25) is 5.02 Å². The van der Waals surface area contributed by atoms with Gasteiger partial charge in [-0.1, -0.05) is 23.7 Å². The van der Waals surface area contributed by atoms with Crippen LogP contribution in [0.4, 0.5) is 5.95 Å². The Kier molecular flexibility index (Phi) is 3.58. The normalized spacial score (nSPS) is 16.5. The molecule has 3 heterocycles. The first-order valence-corrected chi connectivity index (χ1v) is 7.96. The Morgan fingerprint density at radius 2 is 2.08 bits per heavy atom. The van der Waals surface area contributed by atoms with Crippen molar-refractivity contribution in [2.45, 2.75) is 13.0 Å². The van der Waals surface area contributed by atoms with Crippen LogP contribution < -0.4 is 11.1 Å². The predicted octanol–water partition coefficient (Wildman–Crippen LogP) is 2.97. The van der Waals surface area contributed by atoms with Crippen LogP contribution >= 0.6 is 11.6 Å². The highest BCUT2D eigenvalue weighted by atomic mass is 35.5. The third-order valence-electron chi connectivity index (χ3n) is 4.05. The van der Waals surface area contributed by atoms with Gasteiger partial charge in [-0.2, -0.15) is 4.98 Å². The van der Waals surface area contributed by atoms with Gasteiger partial charge in [0.05, 0.1) is 11.8 Å². The van der Waals surface area contributed by atoms with Gasteiger partial charge < -0.3 is 15.5 Å². The highest BCUT2D eigenvalue weighted by Gasteiger charge is 2.33. The number of rotatable bonds is 3. The summed E-state index contributed by atoms with van der Waals surface area (Å²) in [7, 11) is 0. The maximum absolute atomic E-state index is 12.1. The molecule has 1 amide bonds. The van der Waals surface area contributed by atoms with Gasteiger partial charge in [-0.05, 0) is 36.8 Å². The number of primary amides is 1. The number of allylic oxidation sites excluding steroid dienone is 1. The summed E-state index contributed by atoms with van der Waals surface area (Å²) in [4.78, 5) is 16.5. The van der Waals surface area contributed by atoms with Crippen molar-refractivity contribution in [2.75, 3.05) is 5.32 Å². The highest BCUT2D eigenvalue weighted by molar-refractivity contribution is 6.30. The Morgan fingerprint density at radius 3 is 2.72 bits per heavy atom. The fourth-order valence-corrected chi connectivity index (χ4v) is 3.06. The first-order chi connectivity index (χ1) is 12.0. The second kappa shape index (κ2) is 5.78. The van der Waals surface area contributed by atoms with E-state index in [1.807, 2.05) is 12.1 Å². The molecule has 1 atom stereocenters. The summed E-state index contributed by atoms with van der Waals surface area (Å²) in [5.41, 5.74) is 7.52. The molecule has 3 aromatic rings. The molecule has 0 bridgehead atoms. The van der Waals surface area contributed by atoms with E-state index in [1.54, 1.807) is 42.1 Å². The van der Waals surface area contributed by atoms with Crippen molar-refractivity contribution >= 4 is 23.5 Å². The van der Waals surface area contributed by atoms with Crippen LogP contribution in [0.3, 0.4) is 0 Å². The number of aromatic nitrogens is 3. The second-order valence-corrected chi connectivity index (χ2v) is 6.10. The van der Waals surface area contributed by atoms with E-state index in [2.05, 4.69) is 15.4 Å². The lowest BCUT2D eigenvalue weighted by atomic mass is 9.95. The third-order valence-corrected chi connectivity index (χ3v) is 4.30. The standard InChI is InChI=1S/C17H14ClN5O2/c1-9-13(15(19)24)14(10-4-6-11(18)7-5-10)23-17(20-9)21-16(22-23)12-3-2-8-25-12/h2-8,14H,1H3,(H2,19,24)(H,20,21,22). The zero-order valence-corrected chi connectivity index (χ0v) is 14.0. The van der Waals surface area contributed by atoms with Crippen molar-refractivity contribution in [2.24, 2.45) is 5.73 Å². The van der Waals surface area contributed by atoms with Crippen molar-refractivity contribution in [3.8, 4) is 11.6 Å². The number of halogens is 1. The number of furan rings is 1. The average molecular weight is 356 g/mol. The van der Waals surface area contributed by atoms with Gasteiger partial charge in [0.1, 0.15) is 6.04 Å². The minimum absolute atomic E-state index is 0.421. The van der Waals surface area contributed by atoms with E-state index in [0.717, 1.165) is 5.56 Å². The molecule has 8 heteroatoms. The number of nitrogens with zero attached hydrogens (tertiary/aromatic N) is 3. The number of benzene rings is 1. The first kappa shape index (κ1) is 15.5. The molecule has 0 fully saturated rings. The van der Waals surface area contributed by atoms with Gasteiger partial charge in [-0.15, -0.1) is 5.10 Å². The molecule has 0 aliphatic carbocycles. The van der Waals surface area contributed by atoms with Gasteiger partial charge in [-0.25, -0.2) is 4.68 Å². The van der Waals surface area contributed by atoms with Crippen LogP contribution in [0.15, 0.2) is 58.3 Å². The molecule has 1 aromatic carbocycles. The van der Waals surface area contributed by atoms with Crippen molar-refractivity contribution in [3.63, 3.8) is 0 Å². The smallest absolute Gasteiger partial charge is 0.248 e. The molecule has 0 radical (unpaired) electrons. The maximum Gasteiger partial charge on any atom is 0.248 e. The number of carbonyl (C=O) groups excluding carboxylic acids is 1. The minimum atomic E-state index is -0.523. The lowest BCUT2D eigenvalue weighted by molar-refractivity contribution is -0.115. The van der Waals surface area contributed by atoms with Crippen molar-refractivity contribution in [1.29, 1.82) is 0 Å². The maximum atomic E-state index is 12.1. The zero-order valence-electron chi connectivity index (χ0n) is 13.2. The van der Waals surface area contributed by atoms with E-state index in [9.17, 15) is 4.79 Å². The summed E-state index contributed by atoms with van der Waals surface area (Å²) in [6.45, 7) is 1.79. The Hall–Kier alpha value is -3.06. The summed E-state index contributed by atoms with van der Waals surface area (Å²) in [5, 5.41) is 8.21. The lowest BCUT2D eigenvalue weighted by Gasteiger charge is -2.27. The molecule has 0 saturated carbocycles. The summed E-state index contributed by atoms with van der Waals surface area (Å²) >= 11 is 5.99. The van der Waals surface area contributed by atoms with E-state index in [0.29, 0.717) is 33.8 Å². The lowest BCUT2D eigenvalue weighted by Crippen LogP contribution is -2.31. The van der Waals surface area contributed by atoms with Crippen LogP contribution in [0.25, 0.3) is 11.6 Å². The SMILES string of the molecule is CC1=C(C(N)=O)C(c2ccc(Cl)cc2)n2nc(-c3ccco3)nc2N1. The van der Waals surface area contributed by atoms with Crippen LogP contribution in [0, 0.1) is 0 Å². The minimum Gasteiger partial charge on any atom is -0.461 e. The summed E-state index contributed by atoms with van der Waals surface area (Å²) in [5.74, 6) is 0.946. The molecule has 126 valence electrons. The Morgan fingerprint density at radius 1 is 1.32 bits per heavy atom. The van der Waals surface area contributed by atoms with Crippen LogP contribution in [0.1, 0.15) is 18.5 Å². The Labute approximate surface area is 148 Å². The third kappa shape index (κ3) is 2.58. The molecular formula is C17H14ClN5O2. The van der Waals surface area contributed by atoms with Crippen LogP contribution in [-0.2, 0) is 4.79 Å². The Balaban J connectivity index is 1.89. The van der Waals surface area contributed by atoms with E-state index in [1.165, 1.54) is 0 Å². The second-order valence-electron chi connectivity index (χ2n) is 5.66. The molecule has 0 spiro atoms. The number of hydrogen-bond donors (Lipinski definition) is 2. The first-order valence-electron chi connectivity index (χ1n) is 7.58. The van der Waals surface area contributed by atoms with Gasteiger partial charge in [0.2, 0.25) is 17.7 Å². The number of nitrogens with two attached hydrogens (primary N) is 1. The highest BCUT2D eigenvalue weighted by Crippen LogP contribution is 2.36. The molecule has 4 rings (SSSR count). The van der Waals surface area contributed by atoms with E-state index < -0.39 is 11.9 Å². The van der Waals surface area contributed by atoms with Crippen LogP contribution in [0.5, 0.6) is 0 Å². The molecule has 1 unspecified atom stereocenters. The number of hydrogen-bond acceptors (Lipinski definition) is 5. The largest absolute Gasteiger partial charge is 0.461 e. The van der Waals surface area contributed by atoms with Crippen LogP contribution in [-0.4, -0.2) is 20.7 Å². The number of amides is 1. The van der Waals surface area contributed by atoms with Gasteiger partial charge in [0, 0.05) is 10.7 Å². The molecule has 3 N–H and O–H groups in total. The van der Waals surface area contributed by atoms with Gasteiger partial charge in [0.15, 0.2) is 5.76 Å². The molecule has 25 heavy (non-hydrogen) atoms. The van der Waals surface area contributed by atoms with Gasteiger partial charge in [-0.3, -0.25) is 4.79 Å². The van der Waals surface area contributed by atoms with Gasteiger partial charge in [0.25, 0.3) is 0 Å². The number of fused-ring (bicyclic) bond motifs is 1. The van der Waals surface area contributed by atoms with Crippen molar-refractivity contribution in [1.82, 2.24) is 14.8 Å². The molecule has 7 nitrogen and oxygen atoms in total. The summed E-state index contributed by atoms with van der Waals surface area (Å²) in [6.07, 6.45) is 1.55. The quantitative estimate of drug-likeness (QED) is 0.752. The van der Waals surface area contributed by atoms with Gasteiger partial charge >= 0.3 is 0 Å². The zero-order chi connectivity index (χ0) is 17.6. The van der Waals surface area contributed by atoms with Crippen molar-refractivity contribution < 1.29 is 9.21 Å². The van der Waals surface area contributed by atoms with E-state index >= 15 is 0 Å². The molecule has 0 saturated heterocycles. The topological polar surface area (TPSA) is 99.0 Å². The molecule has 1 aliphatic heterocycles. The Bertz CT molecular complexity index is 973. The average Bonchev–Trinajstić information content (AvgIpc) is 3.23. The fraction of sp³-hybridized carbons (Fsp3) is 0.118. The predicted molar refractivity (Wildman–Crippen MR) is 92.8 cm³/mol. The number of nitrogens with one attached hydrogen (secondary N) is 1. The molecule has 2 aromatic heterocycles. The van der Waals surface area contributed by atoms with E-state index in [-0.39, 0.29) is 0 Å². The summed E-state index contributed by atoms with van der Waals surface area (Å²) < 4.78 is 7.00. The number of anilines is 1. The molecular weight excluding hydrogens is 342 g/mol. The molecule has 1 aliphatic rings. The number of carbonyl (C=O) groups is 1. The fourth-order valence-electron chi connectivity index (χ4n) is 2.93. The summed E-state index contributed by atoms with van der Waals surface area (Å²) in [6, 6.07) is 10.2.